The first-order valence-electron chi connectivity index (χ1n) is 10.7. The number of hydrogen-bond acceptors (Lipinski definition) is 4. The molecule has 0 saturated carbocycles. The van der Waals surface area contributed by atoms with Gasteiger partial charge in [0.1, 0.15) is 18.3 Å². The van der Waals surface area contributed by atoms with Gasteiger partial charge in [0.15, 0.2) is 0 Å². The number of amides is 3. The zero-order valence-corrected chi connectivity index (χ0v) is 17.9. The molecule has 1 saturated heterocycles. The molecule has 2 aromatic carbocycles. The summed E-state index contributed by atoms with van der Waals surface area (Å²) in [6, 6.07) is 12.4. The van der Waals surface area contributed by atoms with Gasteiger partial charge in [0, 0.05) is 13.1 Å². The first-order chi connectivity index (χ1) is 15.0. The summed E-state index contributed by atoms with van der Waals surface area (Å²) in [5.74, 6) is 0.197. The number of nitrogens with zero attached hydrogens (tertiary/aromatic N) is 2. The second-order valence-corrected chi connectivity index (χ2v) is 7.91. The van der Waals surface area contributed by atoms with Crippen LogP contribution in [0.25, 0.3) is 0 Å². The number of para-hydroxylation sites is 1. The van der Waals surface area contributed by atoms with Gasteiger partial charge in [-0.2, -0.15) is 0 Å². The van der Waals surface area contributed by atoms with Crippen LogP contribution in [0.5, 0.6) is 5.75 Å². The summed E-state index contributed by atoms with van der Waals surface area (Å²) in [4.78, 5) is 42.3. The van der Waals surface area contributed by atoms with Crippen LogP contribution in [0.15, 0.2) is 42.5 Å². The van der Waals surface area contributed by atoms with Gasteiger partial charge in [0.2, 0.25) is 11.8 Å². The van der Waals surface area contributed by atoms with E-state index in [0.29, 0.717) is 37.4 Å². The zero-order chi connectivity index (χ0) is 22.0. The molecule has 2 aliphatic heterocycles. The van der Waals surface area contributed by atoms with E-state index in [1.807, 2.05) is 50.2 Å². The lowest BCUT2D eigenvalue weighted by Crippen LogP contribution is -2.48. The van der Waals surface area contributed by atoms with Crippen LogP contribution >= 0.6 is 0 Å². The van der Waals surface area contributed by atoms with Crippen molar-refractivity contribution < 1.29 is 19.1 Å². The fourth-order valence-corrected chi connectivity index (χ4v) is 4.33. The van der Waals surface area contributed by atoms with E-state index >= 15 is 0 Å². The van der Waals surface area contributed by atoms with Gasteiger partial charge in [-0.3, -0.25) is 14.4 Å². The Bertz CT molecular complexity index is 1000. The second-order valence-electron chi connectivity index (χ2n) is 7.91. The lowest BCUT2D eigenvalue weighted by Gasteiger charge is -2.26. The molecule has 0 spiro atoms. The average molecular weight is 421 g/mol. The van der Waals surface area contributed by atoms with E-state index in [1.54, 1.807) is 11.0 Å². The predicted molar refractivity (Wildman–Crippen MR) is 117 cm³/mol. The van der Waals surface area contributed by atoms with E-state index in [2.05, 4.69) is 5.32 Å². The third kappa shape index (κ3) is 4.13. The highest BCUT2D eigenvalue weighted by Crippen LogP contribution is 2.34. The number of aryl methyl sites for hydroxylation is 1. The first-order valence-corrected chi connectivity index (χ1v) is 10.7. The van der Waals surface area contributed by atoms with Crippen molar-refractivity contribution in [1.29, 1.82) is 0 Å². The molecular formula is C24H27N3O4. The van der Waals surface area contributed by atoms with Crippen LogP contribution in [0.3, 0.4) is 0 Å². The average Bonchev–Trinajstić information content (AvgIpc) is 3.24. The highest BCUT2D eigenvalue weighted by atomic mass is 16.5. The SMILES string of the molecule is CCOc1ccc(CNC(=O)CN2C(=O)[C@@H]3CCCN3C(=O)c3cccc(C)c32)cc1. The Morgan fingerprint density at radius 2 is 1.94 bits per heavy atom. The molecule has 0 radical (unpaired) electrons. The summed E-state index contributed by atoms with van der Waals surface area (Å²) >= 11 is 0. The maximum Gasteiger partial charge on any atom is 0.256 e. The first kappa shape index (κ1) is 20.9. The third-order valence-corrected chi connectivity index (χ3v) is 5.83. The van der Waals surface area contributed by atoms with Gasteiger partial charge in [-0.05, 0) is 56.0 Å². The molecular weight excluding hydrogens is 394 g/mol. The molecule has 4 rings (SSSR count). The smallest absolute Gasteiger partial charge is 0.256 e. The Morgan fingerprint density at radius 3 is 2.68 bits per heavy atom. The lowest BCUT2D eigenvalue weighted by molar-refractivity contribution is -0.125. The van der Waals surface area contributed by atoms with Crippen molar-refractivity contribution >= 4 is 23.4 Å². The predicted octanol–water partition coefficient (Wildman–Crippen LogP) is 2.66. The van der Waals surface area contributed by atoms with Crippen molar-refractivity contribution in [1.82, 2.24) is 10.2 Å². The van der Waals surface area contributed by atoms with Gasteiger partial charge in [-0.15, -0.1) is 0 Å². The zero-order valence-electron chi connectivity index (χ0n) is 17.9. The Morgan fingerprint density at radius 1 is 1.16 bits per heavy atom. The van der Waals surface area contributed by atoms with Crippen molar-refractivity contribution in [3.05, 3.63) is 59.2 Å². The number of benzene rings is 2. The molecule has 1 atom stereocenters. The largest absolute Gasteiger partial charge is 0.494 e. The van der Waals surface area contributed by atoms with Crippen molar-refractivity contribution in [2.24, 2.45) is 0 Å². The molecule has 2 aliphatic rings. The van der Waals surface area contributed by atoms with Crippen molar-refractivity contribution in [2.45, 2.75) is 39.3 Å². The Labute approximate surface area is 182 Å². The maximum absolute atomic E-state index is 13.3. The molecule has 1 fully saturated rings. The van der Waals surface area contributed by atoms with Gasteiger partial charge >= 0.3 is 0 Å². The third-order valence-electron chi connectivity index (χ3n) is 5.83. The molecule has 7 heteroatoms. The Hall–Kier alpha value is -3.35. The normalized spacial score (nSPS) is 17.8. The number of carbonyl (C=O) groups is 3. The molecule has 162 valence electrons. The van der Waals surface area contributed by atoms with Gasteiger partial charge in [-0.25, -0.2) is 0 Å². The minimum Gasteiger partial charge on any atom is -0.494 e. The summed E-state index contributed by atoms with van der Waals surface area (Å²) in [7, 11) is 0. The number of anilines is 1. The van der Waals surface area contributed by atoms with Crippen LogP contribution in [0.4, 0.5) is 5.69 Å². The molecule has 0 aromatic heterocycles. The summed E-state index contributed by atoms with van der Waals surface area (Å²) in [6.07, 6.45) is 1.42. The fraction of sp³-hybridized carbons (Fsp3) is 0.375. The topological polar surface area (TPSA) is 79.0 Å². The number of carbonyl (C=O) groups excluding carboxylic acids is 3. The quantitative estimate of drug-likeness (QED) is 0.778. The summed E-state index contributed by atoms with van der Waals surface area (Å²) in [6.45, 7) is 5.19. The molecule has 3 amide bonds. The van der Waals surface area contributed by atoms with Gasteiger partial charge < -0.3 is 19.9 Å². The number of rotatable bonds is 6. The van der Waals surface area contributed by atoms with Gasteiger partial charge in [0.05, 0.1) is 17.9 Å². The summed E-state index contributed by atoms with van der Waals surface area (Å²) < 4.78 is 5.44. The molecule has 31 heavy (non-hydrogen) atoms. The molecule has 7 nitrogen and oxygen atoms in total. The lowest BCUT2D eigenvalue weighted by atomic mass is 10.1. The molecule has 0 bridgehead atoms. The van der Waals surface area contributed by atoms with E-state index < -0.39 is 6.04 Å². The van der Waals surface area contributed by atoms with Gasteiger partial charge in [-0.1, -0.05) is 24.3 Å². The molecule has 2 aromatic rings. The molecule has 0 unspecified atom stereocenters. The van der Waals surface area contributed by atoms with Crippen LogP contribution in [0.2, 0.25) is 0 Å². The van der Waals surface area contributed by atoms with E-state index in [0.717, 1.165) is 23.3 Å². The number of hydrogen-bond donors (Lipinski definition) is 1. The van der Waals surface area contributed by atoms with Gasteiger partial charge in [0.25, 0.3) is 5.91 Å². The highest BCUT2D eigenvalue weighted by Gasteiger charge is 2.42. The van der Waals surface area contributed by atoms with Crippen LogP contribution in [0, 0.1) is 6.92 Å². The fourth-order valence-electron chi connectivity index (χ4n) is 4.33. The summed E-state index contributed by atoms with van der Waals surface area (Å²) in [5.41, 5.74) is 2.77. The number of ether oxygens (including phenoxy) is 1. The minimum atomic E-state index is -0.502. The number of fused-ring (bicyclic) bond motifs is 2. The van der Waals surface area contributed by atoms with E-state index in [1.165, 1.54) is 4.90 Å². The monoisotopic (exact) mass is 421 g/mol. The number of nitrogens with one attached hydrogen (secondary N) is 1. The molecule has 0 aliphatic carbocycles. The highest BCUT2D eigenvalue weighted by molar-refractivity contribution is 6.13. The molecule has 1 N–H and O–H groups in total. The molecule has 2 heterocycles. The van der Waals surface area contributed by atoms with Crippen LogP contribution in [-0.2, 0) is 16.1 Å². The standard InChI is InChI=1S/C24H27N3O4/c1-3-31-18-11-9-17(10-12-18)14-25-21(28)15-27-22-16(2)6-4-7-19(22)23(29)26-13-5-8-20(26)24(27)30/h4,6-7,9-12,20H,3,5,8,13-15H2,1-2H3,(H,25,28)/t20-/m0/s1. The van der Waals surface area contributed by atoms with E-state index in [9.17, 15) is 14.4 Å². The van der Waals surface area contributed by atoms with Crippen LogP contribution in [-0.4, -0.2) is 48.4 Å². The Kier molecular flexibility index (Phi) is 5.93. The van der Waals surface area contributed by atoms with Crippen molar-refractivity contribution in [3.63, 3.8) is 0 Å². The van der Waals surface area contributed by atoms with Crippen molar-refractivity contribution in [2.75, 3.05) is 24.6 Å². The van der Waals surface area contributed by atoms with Crippen molar-refractivity contribution in [3.8, 4) is 5.75 Å². The maximum atomic E-state index is 13.3. The van der Waals surface area contributed by atoms with Crippen LogP contribution in [0.1, 0.15) is 41.3 Å². The Balaban J connectivity index is 1.52. The van der Waals surface area contributed by atoms with E-state index in [4.69, 9.17) is 4.74 Å². The van der Waals surface area contributed by atoms with Crippen LogP contribution < -0.4 is 15.0 Å². The van der Waals surface area contributed by atoms with E-state index in [-0.39, 0.29) is 24.3 Å². The minimum absolute atomic E-state index is 0.120. The summed E-state index contributed by atoms with van der Waals surface area (Å²) in [5, 5.41) is 2.89. The second kappa shape index (κ2) is 8.79.